The molecule has 2 heterocycles. The summed E-state index contributed by atoms with van der Waals surface area (Å²) in [5.74, 6) is -0.728. The molecule has 5 nitrogen and oxygen atoms in total. The number of aromatic nitrogens is 1. The first-order chi connectivity index (χ1) is 15.9. The van der Waals surface area contributed by atoms with Crippen LogP contribution in [0.4, 0.5) is 4.39 Å². The van der Waals surface area contributed by atoms with Crippen molar-refractivity contribution < 1.29 is 12.8 Å². The van der Waals surface area contributed by atoms with E-state index >= 15 is 0 Å². The van der Waals surface area contributed by atoms with Crippen LogP contribution in [0.1, 0.15) is 24.0 Å². The summed E-state index contributed by atoms with van der Waals surface area (Å²) < 4.78 is 43.0. The number of hydrogen-bond acceptors (Lipinski definition) is 4. The maximum Gasteiger partial charge on any atom is 0.246 e. The molecule has 1 fully saturated rings. The summed E-state index contributed by atoms with van der Waals surface area (Å²) in [6.45, 7) is 2.64. The van der Waals surface area contributed by atoms with Crippen molar-refractivity contribution in [3.8, 4) is 0 Å². The summed E-state index contributed by atoms with van der Waals surface area (Å²) in [6, 6.07) is 16.9. The van der Waals surface area contributed by atoms with Crippen molar-refractivity contribution in [2.45, 2.75) is 36.7 Å². The number of likely N-dealkylation sites (tertiary alicyclic amines) is 1. The van der Waals surface area contributed by atoms with Crippen molar-refractivity contribution >= 4 is 21.6 Å². The molecule has 1 saturated heterocycles. The maximum absolute atomic E-state index is 14.5. The summed E-state index contributed by atoms with van der Waals surface area (Å²) in [5, 5.41) is 0.726. The first-order valence-electron chi connectivity index (χ1n) is 11.1. The third-order valence-electron chi connectivity index (χ3n) is 6.08. The second kappa shape index (κ2) is 10.7. The number of sulfonamides is 1. The molecule has 1 aliphatic heterocycles. The van der Waals surface area contributed by atoms with E-state index in [4.69, 9.17) is 11.6 Å². The second-order valence-corrected chi connectivity index (χ2v) is 10.6. The van der Waals surface area contributed by atoms with Crippen molar-refractivity contribution in [3.63, 3.8) is 0 Å². The predicted molar refractivity (Wildman–Crippen MR) is 128 cm³/mol. The third-order valence-corrected chi connectivity index (χ3v) is 8.26. The third kappa shape index (κ3) is 5.98. The Morgan fingerprint density at radius 2 is 1.73 bits per heavy atom. The Labute approximate surface area is 199 Å². The van der Waals surface area contributed by atoms with Crippen LogP contribution in [0.3, 0.4) is 0 Å². The predicted octanol–water partition coefficient (Wildman–Crippen LogP) is 4.77. The van der Waals surface area contributed by atoms with Crippen LogP contribution < -0.4 is 0 Å². The molecule has 0 unspecified atom stereocenters. The highest BCUT2D eigenvalue weighted by Crippen LogP contribution is 2.28. The zero-order valence-electron chi connectivity index (χ0n) is 18.3. The number of nitrogens with zero attached hydrogens (tertiary/aromatic N) is 3. The van der Waals surface area contributed by atoms with Crippen LogP contribution in [0.25, 0.3) is 0 Å². The Bertz CT molecular complexity index is 1150. The van der Waals surface area contributed by atoms with E-state index in [0.717, 1.165) is 36.6 Å². The molecule has 0 saturated carbocycles. The van der Waals surface area contributed by atoms with Gasteiger partial charge in [-0.2, -0.15) is 4.31 Å². The van der Waals surface area contributed by atoms with E-state index in [1.54, 1.807) is 24.5 Å². The lowest BCUT2D eigenvalue weighted by Gasteiger charge is -2.38. The SMILES string of the molecule is O=S(=O)(c1ccccc1F)N(Cc1cccnc1)C1CCN(CCc2ccc(Cl)cc2)CC1. The summed E-state index contributed by atoms with van der Waals surface area (Å²) in [4.78, 5) is 6.19. The van der Waals surface area contributed by atoms with E-state index < -0.39 is 15.8 Å². The normalized spacial score (nSPS) is 15.7. The van der Waals surface area contributed by atoms with Gasteiger partial charge in [0.05, 0.1) is 0 Å². The van der Waals surface area contributed by atoms with Gasteiger partial charge in [-0.3, -0.25) is 4.98 Å². The molecule has 0 aliphatic carbocycles. The van der Waals surface area contributed by atoms with Gasteiger partial charge in [0.25, 0.3) is 0 Å². The van der Waals surface area contributed by atoms with Crippen LogP contribution in [0.15, 0.2) is 78.0 Å². The molecule has 0 atom stereocenters. The molecule has 3 aromatic rings. The van der Waals surface area contributed by atoms with Gasteiger partial charge in [0.15, 0.2) is 0 Å². The molecular formula is C25H27ClFN3O2S. The smallest absolute Gasteiger partial charge is 0.246 e. The Balaban J connectivity index is 1.47. The zero-order valence-corrected chi connectivity index (χ0v) is 19.9. The Kier molecular flexibility index (Phi) is 7.75. The minimum atomic E-state index is -4.01. The van der Waals surface area contributed by atoms with Crippen molar-refractivity contribution in [3.05, 3.63) is 95.0 Å². The number of rotatable bonds is 8. The molecule has 0 radical (unpaired) electrons. The summed E-state index contributed by atoms with van der Waals surface area (Å²) >= 11 is 5.96. The van der Waals surface area contributed by atoms with E-state index in [2.05, 4.69) is 9.88 Å². The summed E-state index contributed by atoms with van der Waals surface area (Å²) in [7, 11) is -4.01. The topological polar surface area (TPSA) is 53.5 Å². The highest BCUT2D eigenvalue weighted by molar-refractivity contribution is 7.89. The van der Waals surface area contributed by atoms with Crippen LogP contribution in [0.2, 0.25) is 5.02 Å². The fourth-order valence-electron chi connectivity index (χ4n) is 4.23. The van der Waals surface area contributed by atoms with E-state index in [0.29, 0.717) is 12.8 Å². The number of piperidine rings is 1. The molecule has 4 rings (SSSR count). The van der Waals surface area contributed by atoms with Gasteiger partial charge in [-0.15, -0.1) is 0 Å². The Morgan fingerprint density at radius 3 is 2.39 bits per heavy atom. The molecular weight excluding hydrogens is 461 g/mol. The van der Waals surface area contributed by atoms with Crippen molar-refractivity contribution in [1.29, 1.82) is 0 Å². The average Bonchev–Trinajstić information content (AvgIpc) is 2.83. The fourth-order valence-corrected chi connectivity index (χ4v) is 6.10. The van der Waals surface area contributed by atoms with E-state index in [-0.39, 0.29) is 17.5 Å². The van der Waals surface area contributed by atoms with Crippen molar-refractivity contribution in [2.75, 3.05) is 19.6 Å². The first-order valence-corrected chi connectivity index (χ1v) is 12.9. The molecule has 8 heteroatoms. The minimum Gasteiger partial charge on any atom is -0.303 e. The molecule has 1 aliphatic rings. The first kappa shape index (κ1) is 23.8. The summed E-state index contributed by atoms with van der Waals surface area (Å²) in [6.07, 6.45) is 5.60. The quantitative estimate of drug-likeness (QED) is 0.459. The monoisotopic (exact) mass is 487 g/mol. The highest BCUT2D eigenvalue weighted by atomic mass is 35.5. The molecule has 2 aromatic carbocycles. The van der Waals surface area contributed by atoms with Gasteiger partial charge in [0.2, 0.25) is 10.0 Å². The van der Waals surface area contributed by atoms with Crippen LogP contribution >= 0.6 is 11.6 Å². The second-order valence-electron chi connectivity index (χ2n) is 8.29. The molecule has 174 valence electrons. The average molecular weight is 488 g/mol. The number of hydrogen-bond donors (Lipinski definition) is 0. The van der Waals surface area contributed by atoms with Crippen molar-refractivity contribution in [2.24, 2.45) is 0 Å². The molecule has 0 amide bonds. The summed E-state index contributed by atoms with van der Waals surface area (Å²) in [5.41, 5.74) is 2.00. The molecule has 33 heavy (non-hydrogen) atoms. The van der Waals surface area contributed by atoms with E-state index in [9.17, 15) is 12.8 Å². The minimum absolute atomic E-state index is 0.167. The molecule has 0 bridgehead atoms. The number of pyridine rings is 1. The van der Waals surface area contributed by atoms with Gasteiger partial charge in [-0.05, 0) is 73.8 Å². The number of halogens is 2. The van der Waals surface area contributed by atoms with Crippen LogP contribution in [0.5, 0.6) is 0 Å². The van der Waals surface area contributed by atoms with Gasteiger partial charge in [0, 0.05) is 36.5 Å². The van der Waals surface area contributed by atoms with Gasteiger partial charge < -0.3 is 4.90 Å². The largest absolute Gasteiger partial charge is 0.303 e. The lowest BCUT2D eigenvalue weighted by molar-refractivity contribution is 0.157. The molecule has 1 aromatic heterocycles. The van der Waals surface area contributed by atoms with Crippen LogP contribution in [-0.2, 0) is 23.0 Å². The van der Waals surface area contributed by atoms with Gasteiger partial charge >= 0.3 is 0 Å². The Morgan fingerprint density at radius 1 is 1.00 bits per heavy atom. The zero-order chi connectivity index (χ0) is 23.3. The highest BCUT2D eigenvalue weighted by Gasteiger charge is 2.35. The van der Waals surface area contributed by atoms with E-state index in [1.165, 1.54) is 28.1 Å². The lowest BCUT2D eigenvalue weighted by atomic mass is 10.0. The van der Waals surface area contributed by atoms with E-state index in [1.807, 2.05) is 30.3 Å². The van der Waals surface area contributed by atoms with Crippen molar-refractivity contribution in [1.82, 2.24) is 14.2 Å². The molecule has 0 N–H and O–H groups in total. The van der Waals surface area contributed by atoms with Gasteiger partial charge in [0.1, 0.15) is 10.7 Å². The standard InChI is InChI=1S/C25H27ClFN3O2S/c26-22-9-7-20(8-10-22)11-15-29-16-12-23(13-17-29)30(19-21-4-3-14-28-18-21)33(31,32)25-6-2-1-5-24(25)27/h1-10,14,18,23H,11-13,15-17,19H2. The van der Waals surface area contributed by atoms with Gasteiger partial charge in [-0.1, -0.05) is 41.9 Å². The Hall–Kier alpha value is -2.32. The fraction of sp³-hybridized carbons (Fsp3) is 0.320. The van der Waals surface area contributed by atoms with Crippen LogP contribution in [-0.4, -0.2) is 48.3 Å². The lowest BCUT2D eigenvalue weighted by Crippen LogP contribution is -2.47. The van der Waals surface area contributed by atoms with Crippen LogP contribution in [0, 0.1) is 5.82 Å². The maximum atomic E-state index is 14.5. The molecule has 0 spiro atoms. The van der Waals surface area contributed by atoms with Gasteiger partial charge in [-0.25, -0.2) is 12.8 Å². The number of benzene rings is 2.